The number of ether oxygens (including phenoxy) is 1. The molecule has 1 heterocycles. The van der Waals surface area contributed by atoms with Gasteiger partial charge in [0.15, 0.2) is 11.5 Å². The van der Waals surface area contributed by atoms with E-state index in [0.29, 0.717) is 26.6 Å². The van der Waals surface area contributed by atoms with Crippen LogP contribution >= 0.6 is 23.2 Å². The summed E-state index contributed by atoms with van der Waals surface area (Å²) < 4.78 is 11.4. The maximum Gasteiger partial charge on any atom is 0.235 e. The molecule has 0 saturated heterocycles. The summed E-state index contributed by atoms with van der Waals surface area (Å²) in [4.78, 5) is 24.2. The zero-order chi connectivity index (χ0) is 18.1. The Morgan fingerprint density at radius 2 is 1.84 bits per heavy atom. The van der Waals surface area contributed by atoms with E-state index in [1.54, 1.807) is 36.4 Å². The molecule has 0 fully saturated rings. The fourth-order valence-corrected chi connectivity index (χ4v) is 2.68. The van der Waals surface area contributed by atoms with Crippen molar-refractivity contribution < 1.29 is 13.9 Å². The summed E-state index contributed by atoms with van der Waals surface area (Å²) in [5.74, 6) is 0.0190. The van der Waals surface area contributed by atoms with E-state index < -0.39 is 0 Å². The normalized spacial score (nSPS) is 10.9. The third-order valence-electron chi connectivity index (χ3n) is 3.66. The molecule has 1 aromatic heterocycles. The Balaban J connectivity index is 2.29. The Hall–Kier alpha value is -2.30. The van der Waals surface area contributed by atoms with E-state index in [2.05, 4.69) is 0 Å². The van der Waals surface area contributed by atoms with Gasteiger partial charge in [0.05, 0.1) is 5.39 Å². The van der Waals surface area contributed by atoms with Crippen LogP contribution in [0.2, 0.25) is 10.0 Å². The molecule has 0 spiro atoms. The Bertz CT molecular complexity index is 1020. The molecule has 6 heteroatoms. The first-order chi connectivity index (χ1) is 11.9. The van der Waals surface area contributed by atoms with Crippen LogP contribution in [-0.2, 0) is 4.79 Å². The Labute approximate surface area is 153 Å². The molecule has 0 bridgehead atoms. The molecule has 0 unspecified atom stereocenters. The van der Waals surface area contributed by atoms with Crippen molar-refractivity contribution in [3.8, 4) is 17.1 Å². The van der Waals surface area contributed by atoms with Crippen LogP contribution < -0.4 is 10.2 Å². The second kappa shape index (κ2) is 6.90. The van der Waals surface area contributed by atoms with Gasteiger partial charge in [-0.25, -0.2) is 0 Å². The van der Waals surface area contributed by atoms with E-state index in [4.69, 9.17) is 32.4 Å². The summed E-state index contributed by atoms with van der Waals surface area (Å²) in [5, 5.41) is 1.31. The number of fused-ring (bicyclic) bond motifs is 1. The first-order valence-corrected chi connectivity index (χ1v) is 8.27. The zero-order valence-corrected chi connectivity index (χ0v) is 15.1. The average Bonchev–Trinajstić information content (AvgIpc) is 2.56. The second-order valence-corrected chi connectivity index (χ2v) is 6.53. The van der Waals surface area contributed by atoms with Crippen molar-refractivity contribution in [3.05, 3.63) is 62.2 Å². The summed E-state index contributed by atoms with van der Waals surface area (Å²) in [6.07, 6.45) is 0. The minimum Gasteiger partial charge on any atom is -0.478 e. The number of rotatable bonds is 4. The largest absolute Gasteiger partial charge is 0.478 e. The molecule has 25 heavy (non-hydrogen) atoms. The number of hydrogen-bond donors (Lipinski definition) is 0. The number of benzene rings is 2. The van der Waals surface area contributed by atoms with Crippen molar-refractivity contribution in [1.82, 2.24) is 0 Å². The SMILES string of the molecule is CC(=O)COc1c(-c2ccc(Cl)cc2)oc2cc(C)c(Cl)cc2c1=O. The fourth-order valence-electron chi connectivity index (χ4n) is 2.39. The fraction of sp³-hybridized carbons (Fsp3) is 0.158. The van der Waals surface area contributed by atoms with Crippen molar-refractivity contribution >= 4 is 40.0 Å². The van der Waals surface area contributed by atoms with E-state index in [9.17, 15) is 9.59 Å². The molecule has 0 N–H and O–H groups in total. The molecule has 3 rings (SSSR count). The van der Waals surface area contributed by atoms with Crippen LogP contribution in [0.4, 0.5) is 0 Å². The lowest BCUT2D eigenvalue weighted by molar-refractivity contribution is -0.118. The highest BCUT2D eigenvalue weighted by Gasteiger charge is 2.19. The van der Waals surface area contributed by atoms with Crippen molar-refractivity contribution in [2.75, 3.05) is 6.61 Å². The number of halogens is 2. The van der Waals surface area contributed by atoms with Gasteiger partial charge in [0, 0.05) is 15.6 Å². The van der Waals surface area contributed by atoms with Gasteiger partial charge in [-0.2, -0.15) is 0 Å². The van der Waals surface area contributed by atoms with Crippen molar-refractivity contribution in [1.29, 1.82) is 0 Å². The number of hydrogen-bond acceptors (Lipinski definition) is 4. The maximum atomic E-state index is 12.9. The molecule has 0 saturated carbocycles. The third kappa shape index (κ3) is 3.55. The summed E-state index contributed by atoms with van der Waals surface area (Å²) in [6, 6.07) is 10.1. The van der Waals surface area contributed by atoms with Gasteiger partial charge >= 0.3 is 0 Å². The molecule has 0 radical (unpaired) electrons. The lowest BCUT2D eigenvalue weighted by atomic mass is 10.1. The summed E-state index contributed by atoms with van der Waals surface area (Å²) in [6.45, 7) is 2.98. The van der Waals surface area contributed by atoms with Gasteiger partial charge in [-0.15, -0.1) is 0 Å². The summed E-state index contributed by atoms with van der Waals surface area (Å²) in [7, 11) is 0. The second-order valence-electron chi connectivity index (χ2n) is 5.68. The van der Waals surface area contributed by atoms with E-state index in [0.717, 1.165) is 5.56 Å². The Morgan fingerprint density at radius 1 is 1.16 bits per heavy atom. The molecule has 0 aliphatic rings. The molecule has 2 aromatic carbocycles. The standard InChI is InChI=1S/C19H14Cl2O4/c1-10-7-16-14(8-15(10)21)17(23)19(24-9-11(2)22)18(25-16)12-3-5-13(20)6-4-12/h3-8H,9H2,1-2H3. The molecule has 0 amide bonds. The van der Waals surface area contributed by atoms with Crippen molar-refractivity contribution in [2.24, 2.45) is 0 Å². The van der Waals surface area contributed by atoms with Crippen LogP contribution in [0.15, 0.2) is 45.6 Å². The Kier molecular flexibility index (Phi) is 4.84. The lowest BCUT2D eigenvalue weighted by Crippen LogP contribution is -2.15. The van der Waals surface area contributed by atoms with E-state index in [-0.39, 0.29) is 29.3 Å². The van der Waals surface area contributed by atoms with Gasteiger partial charge in [0.2, 0.25) is 11.2 Å². The van der Waals surface area contributed by atoms with Gasteiger partial charge in [-0.3, -0.25) is 9.59 Å². The highest BCUT2D eigenvalue weighted by atomic mass is 35.5. The minimum absolute atomic E-state index is 0.0232. The zero-order valence-electron chi connectivity index (χ0n) is 13.6. The Morgan fingerprint density at radius 3 is 2.48 bits per heavy atom. The van der Waals surface area contributed by atoms with Crippen LogP contribution in [0.1, 0.15) is 12.5 Å². The molecular weight excluding hydrogens is 363 g/mol. The molecule has 0 atom stereocenters. The lowest BCUT2D eigenvalue weighted by Gasteiger charge is -2.11. The van der Waals surface area contributed by atoms with Crippen molar-refractivity contribution in [3.63, 3.8) is 0 Å². The average molecular weight is 377 g/mol. The van der Waals surface area contributed by atoms with E-state index in [1.165, 1.54) is 6.92 Å². The number of Topliss-reactive ketones (excluding diaryl/α,β-unsaturated/α-hetero) is 1. The van der Waals surface area contributed by atoms with Gasteiger partial charge in [-0.1, -0.05) is 23.2 Å². The smallest absolute Gasteiger partial charge is 0.235 e. The third-order valence-corrected chi connectivity index (χ3v) is 4.32. The maximum absolute atomic E-state index is 12.9. The van der Waals surface area contributed by atoms with E-state index >= 15 is 0 Å². The minimum atomic E-state index is -0.380. The molecule has 3 aromatic rings. The van der Waals surface area contributed by atoms with E-state index in [1.807, 2.05) is 6.92 Å². The van der Waals surface area contributed by atoms with Crippen LogP contribution in [-0.4, -0.2) is 12.4 Å². The topological polar surface area (TPSA) is 56.5 Å². The molecule has 0 aliphatic heterocycles. The molecule has 0 aliphatic carbocycles. The molecule has 128 valence electrons. The molecular formula is C19H14Cl2O4. The van der Waals surface area contributed by atoms with Gasteiger partial charge < -0.3 is 9.15 Å². The van der Waals surface area contributed by atoms with Crippen molar-refractivity contribution in [2.45, 2.75) is 13.8 Å². The predicted molar refractivity (Wildman–Crippen MR) is 98.9 cm³/mol. The summed E-state index contributed by atoms with van der Waals surface area (Å²) in [5.41, 5.74) is 1.42. The highest BCUT2D eigenvalue weighted by molar-refractivity contribution is 6.32. The number of carbonyl (C=O) groups is 1. The predicted octanol–water partition coefficient (Wildman–Crippen LogP) is 5.04. The van der Waals surface area contributed by atoms with Crippen LogP contribution in [0.5, 0.6) is 5.75 Å². The monoisotopic (exact) mass is 376 g/mol. The number of carbonyl (C=O) groups excluding carboxylic acids is 1. The summed E-state index contributed by atoms with van der Waals surface area (Å²) >= 11 is 12.0. The van der Waals surface area contributed by atoms with Gasteiger partial charge in [0.25, 0.3) is 0 Å². The first-order valence-electron chi connectivity index (χ1n) is 7.52. The number of ketones is 1. The van der Waals surface area contributed by atoms with Crippen LogP contribution in [0.3, 0.4) is 0 Å². The molecule has 4 nitrogen and oxygen atoms in total. The first kappa shape index (κ1) is 17.5. The van der Waals surface area contributed by atoms with Crippen LogP contribution in [0.25, 0.3) is 22.3 Å². The number of aryl methyl sites for hydroxylation is 1. The van der Waals surface area contributed by atoms with Gasteiger partial charge in [0.1, 0.15) is 12.2 Å². The van der Waals surface area contributed by atoms with Crippen LogP contribution in [0, 0.1) is 6.92 Å². The van der Waals surface area contributed by atoms with Gasteiger partial charge in [-0.05, 0) is 55.8 Å². The highest BCUT2D eigenvalue weighted by Crippen LogP contribution is 2.33. The quantitative estimate of drug-likeness (QED) is 0.639.